The molecule has 0 saturated carbocycles. The number of ether oxygens (including phenoxy) is 2. The van der Waals surface area contributed by atoms with Crippen LogP contribution in [0.25, 0.3) is 21.9 Å². The second-order valence-electron chi connectivity index (χ2n) is 8.26. The Hall–Kier alpha value is -3.72. The first-order chi connectivity index (χ1) is 15.9. The first-order valence-electron chi connectivity index (χ1n) is 10.9. The van der Waals surface area contributed by atoms with Crippen LogP contribution in [0.15, 0.2) is 42.5 Å². The lowest BCUT2D eigenvalue weighted by atomic mass is 10.1. The van der Waals surface area contributed by atoms with E-state index < -0.39 is 4.92 Å². The number of aromatic nitrogens is 3. The van der Waals surface area contributed by atoms with E-state index in [0.717, 1.165) is 23.3 Å². The lowest BCUT2D eigenvalue weighted by molar-refractivity contribution is -0.384. The summed E-state index contributed by atoms with van der Waals surface area (Å²) in [6, 6.07) is 12.0. The minimum absolute atomic E-state index is 0.0349. The van der Waals surface area contributed by atoms with E-state index in [1.54, 1.807) is 12.1 Å². The molecule has 0 bridgehead atoms. The molecule has 0 aliphatic rings. The van der Waals surface area contributed by atoms with Gasteiger partial charge in [-0.2, -0.15) is 0 Å². The minimum Gasteiger partial charge on any atom is -0.489 e. The summed E-state index contributed by atoms with van der Waals surface area (Å²) in [4.78, 5) is 19.9. The molecule has 2 heterocycles. The average molecular weight is 450 g/mol. The Morgan fingerprint density at radius 3 is 2.70 bits per heavy atom. The largest absolute Gasteiger partial charge is 0.489 e. The fourth-order valence-electron chi connectivity index (χ4n) is 3.82. The maximum absolute atomic E-state index is 11.0. The Balaban J connectivity index is 1.71. The molecule has 0 unspecified atom stereocenters. The number of nitrogens with zero attached hydrogens (tertiary/aromatic N) is 4. The van der Waals surface area contributed by atoms with Gasteiger partial charge in [-0.05, 0) is 30.5 Å². The van der Waals surface area contributed by atoms with E-state index >= 15 is 0 Å². The van der Waals surface area contributed by atoms with Gasteiger partial charge in [-0.15, -0.1) is 0 Å². The van der Waals surface area contributed by atoms with Crippen molar-refractivity contribution in [2.24, 2.45) is 5.92 Å². The molecule has 0 spiro atoms. The summed E-state index contributed by atoms with van der Waals surface area (Å²) < 4.78 is 13.7. The number of nitrogens with two attached hydrogens (primary N) is 1. The van der Waals surface area contributed by atoms with Crippen LogP contribution < -0.4 is 10.5 Å². The van der Waals surface area contributed by atoms with E-state index in [1.165, 1.54) is 12.1 Å². The van der Waals surface area contributed by atoms with Crippen molar-refractivity contribution >= 4 is 33.4 Å². The van der Waals surface area contributed by atoms with Crippen LogP contribution in [0.3, 0.4) is 0 Å². The zero-order chi connectivity index (χ0) is 23.5. The van der Waals surface area contributed by atoms with Crippen LogP contribution in [-0.4, -0.2) is 26.1 Å². The van der Waals surface area contributed by atoms with Crippen LogP contribution >= 0.6 is 0 Å². The maximum atomic E-state index is 11.0. The molecule has 0 aliphatic carbocycles. The van der Waals surface area contributed by atoms with Crippen LogP contribution in [0.4, 0.5) is 11.5 Å². The number of imidazole rings is 1. The van der Waals surface area contributed by atoms with Crippen molar-refractivity contribution in [2.75, 3.05) is 12.3 Å². The van der Waals surface area contributed by atoms with Crippen molar-refractivity contribution in [1.29, 1.82) is 0 Å². The number of nitro benzene ring substituents is 1. The molecule has 172 valence electrons. The molecule has 0 amide bonds. The van der Waals surface area contributed by atoms with Crippen LogP contribution in [0.2, 0.25) is 0 Å². The molecule has 9 heteroatoms. The highest BCUT2D eigenvalue weighted by atomic mass is 16.6. The third-order valence-electron chi connectivity index (χ3n) is 5.26. The summed E-state index contributed by atoms with van der Waals surface area (Å²) >= 11 is 0. The number of non-ortho nitro benzene ring substituents is 1. The molecule has 33 heavy (non-hydrogen) atoms. The summed E-state index contributed by atoms with van der Waals surface area (Å²) in [5.41, 5.74) is 9.34. The number of nitrogen functional groups attached to an aromatic ring is 1. The third kappa shape index (κ3) is 4.73. The highest BCUT2D eigenvalue weighted by molar-refractivity contribution is 6.06. The number of benzene rings is 2. The van der Waals surface area contributed by atoms with Crippen LogP contribution in [0.1, 0.15) is 32.2 Å². The van der Waals surface area contributed by atoms with E-state index in [-0.39, 0.29) is 12.3 Å². The van der Waals surface area contributed by atoms with Gasteiger partial charge in [0.05, 0.1) is 16.0 Å². The first kappa shape index (κ1) is 22.5. The van der Waals surface area contributed by atoms with Gasteiger partial charge >= 0.3 is 0 Å². The molecule has 2 aromatic heterocycles. The molecule has 9 nitrogen and oxygen atoms in total. The molecule has 0 radical (unpaired) electrons. The van der Waals surface area contributed by atoms with Crippen molar-refractivity contribution in [3.63, 3.8) is 0 Å². The highest BCUT2D eigenvalue weighted by Gasteiger charge is 2.18. The van der Waals surface area contributed by atoms with Gasteiger partial charge in [0, 0.05) is 36.7 Å². The van der Waals surface area contributed by atoms with E-state index in [1.807, 2.05) is 25.1 Å². The van der Waals surface area contributed by atoms with Crippen molar-refractivity contribution in [1.82, 2.24) is 14.5 Å². The molecule has 0 atom stereocenters. The lowest BCUT2D eigenvalue weighted by Gasteiger charge is -2.13. The van der Waals surface area contributed by atoms with Crippen LogP contribution in [0, 0.1) is 16.0 Å². The summed E-state index contributed by atoms with van der Waals surface area (Å²) in [6.45, 7) is 8.26. The summed E-state index contributed by atoms with van der Waals surface area (Å²) in [5.74, 6) is 2.19. The first-order valence-corrected chi connectivity index (χ1v) is 10.9. The van der Waals surface area contributed by atoms with E-state index in [2.05, 4.69) is 23.4 Å². The number of hydrogen-bond acceptors (Lipinski definition) is 7. The number of pyridine rings is 1. The monoisotopic (exact) mass is 449 g/mol. The second kappa shape index (κ2) is 9.41. The maximum Gasteiger partial charge on any atom is 0.269 e. The Bertz CT molecular complexity index is 1320. The smallest absolute Gasteiger partial charge is 0.269 e. The number of fused-ring (bicyclic) bond motifs is 3. The predicted octanol–water partition coefficient (Wildman–Crippen LogP) is 4.85. The normalized spacial score (nSPS) is 11.5. The number of rotatable bonds is 9. The zero-order valence-corrected chi connectivity index (χ0v) is 18.9. The average Bonchev–Trinajstić information content (AvgIpc) is 3.14. The van der Waals surface area contributed by atoms with Gasteiger partial charge in [0.2, 0.25) is 0 Å². The SMILES string of the molecule is CCOCc1nc2c(N)nc3cc(OCc4cccc([N+](=O)[O-])c4)ccc3c2n1CC(C)C. The van der Waals surface area contributed by atoms with Gasteiger partial charge in [0.15, 0.2) is 5.82 Å². The zero-order valence-electron chi connectivity index (χ0n) is 18.9. The molecule has 2 aromatic carbocycles. The van der Waals surface area contributed by atoms with Crippen molar-refractivity contribution in [3.8, 4) is 5.75 Å². The number of hydrogen-bond donors (Lipinski definition) is 1. The van der Waals surface area contributed by atoms with Gasteiger partial charge < -0.3 is 19.8 Å². The molecule has 0 aliphatic heterocycles. The molecule has 2 N–H and O–H groups in total. The summed E-state index contributed by atoms with van der Waals surface area (Å²) in [6.07, 6.45) is 0. The van der Waals surface area contributed by atoms with Gasteiger partial charge in [0.25, 0.3) is 5.69 Å². The minimum atomic E-state index is -0.419. The standard InChI is InChI=1S/C24H27N5O4/c1-4-32-14-21-27-22-23(28(21)12-15(2)3)19-9-8-18(11-20(19)26-24(22)25)33-13-16-6-5-7-17(10-16)29(30)31/h5-11,15H,4,12-14H2,1-3H3,(H2,25,26). The second-order valence-corrected chi connectivity index (χ2v) is 8.26. The van der Waals surface area contributed by atoms with Crippen LogP contribution in [-0.2, 0) is 24.5 Å². The van der Waals surface area contributed by atoms with Gasteiger partial charge in [-0.25, -0.2) is 9.97 Å². The molecule has 4 rings (SSSR count). The van der Waals surface area contributed by atoms with E-state index in [4.69, 9.17) is 20.2 Å². The van der Waals surface area contributed by atoms with Gasteiger partial charge in [-0.3, -0.25) is 10.1 Å². The van der Waals surface area contributed by atoms with E-state index in [0.29, 0.717) is 47.3 Å². The number of anilines is 1. The highest BCUT2D eigenvalue weighted by Crippen LogP contribution is 2.32. The van der Waals surface area contributed by atoms with Crippen molar-refractivity contribution < 1.29 is 14.4 Å². The Kier molecular flexibility index (Phi) is 6.41. The number of nitro groups is 1. The predicted molar refractivity (Wildman–Crippen MR) is 127 cm³/mol. The van der Waals surface area contributed by atoms with Crippen molar-refractivity contribution in [2.45, 2.75) is 40.5 Å². The fraction of sp³-hybridized carbons (Fsp3) is 0.333. The quantitative estimate of drug-likeness (QED) is 0.287. The van der Waals surface area contributed by atoms with Gasteiger partial charge in [-0.1, -0.05) is 26.0 Å². The molecule has 0 fully saturated rings. The Morgan fingerprint density at radius 2 is 1.97 bits per heavy atom. The summed E-state index contributed by atoms with van der Waals surface area (Å²) in [7, 11) is 0. The molecular weight excluding hydrogens is 422 g/mol. The van der Waals surface area contributed by atoms with Crippen molar-refractivity contribution in [3.05, 3.63) is 64.0 Å². The Morgan fingerprint density at radius 1 is 1.15 bits per heavy atom. The van der Waals surface area contributed by atoms with Gasteiger partial charge in [0.1, 0.15) is 30.3 Å². The molecule has 4 aromatic rings. The third-order valence-corrected chi connectivity index (χ3v) is 5.26. The molecule has 0 saturated heterocycles. The topological polar surface area (TPSA) is 118 Å². The van der Waals surface area contributed by atoms with Crippen LogP contribution in [0.5, 0.6) is 5.75 Å². The lowest BCUT2D eigenvalue weighted by Crippen LogP contribution is -2.10. The Labute approximate surface area is 191 Å². The summed E-state index contributed by atoms with van der Waals surface area (Å²) in [5, 5.41) is 11.9. The molecular formula is C24H27N5O4. The van der Waals surface area contributed by atoms with E-state index in [9.17, 15) is 10.1 Å². The fourth-order valence-corrected chi connectivity index (χ4v) is 3.82.